The monoisotopic (exact) mass is 424 g/mol. The van der Waals surface area contributed by atoms with Crippen molar-refractivity contribution in [2.75, 3.05) is 0 Å². The second-order valence-corrected chi connectivity index (χ2v) is 8.08. The molecule has 3 aromatic carbocycles. The minimum atomic E-state index is -0.525. The van der Waals surface area contributed by atoms with Crippen LogP contribution in [-0.2, 0) is 5.41 Å². The first-order valence-electron chi connectivity index (χ1n) is 10.4. The van der Waals surface area contributed by atoms with Crippen LogP contribution in [0.2, 0.25) is 0 Å². The zero-order valence-corrected chi connectivity index (χ0v) is 17.9. The van der Waals surface area contributed by atoms with Crippen LogP contribution in [0.25, 0.3) is 11.1 Å². The molecule has 0 atom stereocenters. The fourth-order valence-electron chi connectivity index (χ4n) is 4.87. The smallest absolute Gasteiger partial charge is 0.269 e. The third-order valence-electron chi connectivity index (χ3n) is 6.31. The molecule has 1 aliphatic rings. The number of aryl methyl sites for hydroxylation is 1. The SMILES string of the molecule is C=CCC1(CC=C)c2cc(C(=NO)c3ccccc3C)ccc2-c2ccc([N+](=O)[O-])cc21. The fraction of sp³-hybridized carbons (Fsp3) is 0.148. The highest BCUT2D eigenvalue weighted by Crippen LogP contribution is 2.54. The number of oxime groups is 1. The fourth-order valence-corrected chi connectivity index (χ4v) is 4.87. The Morgan fingerprint density at radius 1 is 1.03 bits per heavy atom. The van der Waals surface area contributed by atoms with Crippen LogP contribution in [0.15, 0.2) is 91.1 Å². The van der Waals surface area contributed by atoms with Gasteiger partial charge in [0.05, 0.1) is 4.92 Å². The molecule has 1 N–H and O–H groups in total. The van der Waals surface area contributed by atoms with Gasteiger partial charge in [-0.2, -0.15) is 0 Å². The van der Waals surface area contributed by atoms with Gasteiger partial charge in [0.2, 0.25) is 0 Å². The van der Waals surface area contributed by atoms with Gasteiger partial charge in [0.1, 0.15) is 5.71 Å². The van der Waals surface area contributed by atoms with Crippen LogP contribution in [0.4, 0.5) is 5.69 Å². The third kappa shape index (κ3) is 3.23. The summed E-state index contributed by atoms with van der Waals surface area (Å²) in [6.07, 6.45) is 4.88. The molecule has 5 nitrogen and oxygen atoms in total. The molecule has 0 aromatic heterocycles. The highest BCUT2D eigenvalue weighted by molar-refractivity contribution is 6.14. The van der Waals surface area contributed by atoms with Crippen LogP contribution in [0.3, 0.4) is 0 Å². The van der Waals surface area contributed by atoms with Gasteiger partial charge in [-0.05, 0) is 59.7 Å². The number of hydrogen-bond donors (Lipinski definition) is 1. The number of fused-ring (bicyclic) bond motifs is 3. The number of nitrogens with zero attached hydrogens (tertiary/aromatic N) is 2. The number of allylic oxidation sites excluding steroid dienone is 2. The Labute approximate surface area is 187 Å². The Hall–Kier alpha value is -3.99. The van der Waals surface area contributed by atoms with E-state index in [-0.39, 0.29) is 10.6 Å². The Balaban J connectivity index is 1.97. The van der Waals surface area contributed by atoms with E-state index in [1.807, 2.05) is 67.6 Å². The molecule has 0 amide bonds. The van der Waals surface area contributed by atoms with Crippen LogP contribution in [0.5, 0.6) is 0 Å². The van der Waals surface area contributed by atoms with Gasteiger partial charge in [-0.25, -0.2) is 0 Å². The van der Waals surface area contributed by atoms with E-state index in [0.717, 1.165) is 38.9 Å². The van der Waals surface area contributed by atoms with Crippen molar-refractivity contribution in [3.63, 3.8) is 0 Å². The second-order valence-electron chi connectivity index (χ2n) is 8.08. The molecular weight excluding hydrogens is 400 g/mol. The summed E-state index contributed by atoms with van der Waals surface area (Å²) < 4.78 is 0. The topological polar surface area (TPSA) is 75.7 Å². The molecule has 0 saturated heterocycles. The maximum atomic E-state index is 11.5. The summed E-state index contributed by atoms with van der Waals surface area (Å²) in [4.78, 5) is 11.1. The van der Waals surface area contributed by atoms with E-state index >= 15 is 0 Å². The normalized spacial score (nSPS) is 13.8. The molecule has 4 rings (SSSR count). The molecule has 0 unspecified atom stereocenters. The molecule has 0 bridgehead atoms. The van der Waals surface area contributed by atoms with Gasteiger partial charge in [-0.1, -0.05) is 53.7 Å². The summed E-state index contributed by atoms with van der Waals surface area (Å²) in [7, 11) is 0. The number of non-ortho nitro benzene ring substituents is 1. The van der Waals surface area contributed by atoms with Crippen LogP contribution in [-0.4, -0.2) is 15.8 Å². The molecule has 0 fully saturated rings. The van der Waals surface area contributed by atoms with E-state index < -0.39 is 5.41 Å². The highest BCUT2D eigenvalue weighted by Gasteiger charge is 2.42. The first kappa shape index (κ1) is 21.2. The lowest BCUT2D eigenvalue weighted by molar-refractivity contribution is -0.384. The Morgan fingerprint density at radius 2 is 1.66 bits per heavy atom. The minimum Gasteiger partial charge on any atom is -0.410 e. The van der Waals surface area contributed by atoms with Crippen LogP contribution < -0.4 is 0 Å². The van der Waals surface area contributed by atoms with E-state index in [0.29, 0.717) is 18.6 Å². The predicted octanol–water partition coefficient (Wildman–Crippen LogP) is 6.55. The van der Waals surface area contributed by atoms with Crippen molar-refractivity contribution in [1.29, 1.82) is 0 Å². The second kappa shape index (κ2) is 8.27. The lowest BCUT2D eigenvalue weighted by Gasteiger charge is -2.30. The van der Waals surface area contributed by atoms with Crippen molar-refractivity contribution < 1.29 is 10.1 Å². The van der Waals surface area contributed by atoms with Crippen molar-refractivity contribution in [1.82, 2.24) is 0 Å². The molecular formula is C27H24N2O3. The highest BCUT2D eigenvalue weighted by atomic mass is 16.6. The van der Waals surface area contributed by atoms with Crippen LogP contribution in [0.1, 0.15) is 40.7 Å². The number of rotatable bonds is 7. The lowest BCUT2D eigenvalue weighted by atomic mass is 9.72. The summed E-state index contributed by atoms with van der Waals surface area (Å²) in [6.45, 7) is 9.89. The molecule has 0 saturated carbocycles. The van der Waals surface area contributed by atoms with Gasteiger partial charge >= 0.3 is 0 Å². The molecule has 5 heteroatoms. The van der Waals surface area contributed by atoms with E-state index in [1.165, 1.54) is 0 Å². The summed E-state index contributed by atoms with van der Waals surface area (Å²) >= 11 is 0. The Kier molecular flexibility index (Phi) is 5.49. The van der Waals surface area contributed by atoms with Crippen molar-refractivity contribution in [3.8, 4) is 11.1 Å². The van der Waals surface area contributed by atoms with Crippen molar-refractivity contribution in [2.45, 2.75) is 25.2 Å². The van der Waals surface area contributed by atoms with Gasteiger partial charge in [0.15, 0.2) is 0 Å². The van der Waals surface area contributed by atoms with E-state index in [2.05, 4.69) is 18.3 Å². The summed E-state index contributed by atoms with van der Waals surface area (Å²) in [5.74, 6) is 0. The molecule has 0 radical (unpaired) electrons. The molecule has 3 aromatic rings. The summed E-state index contributed by atoms with van der Waals surface area (Å²) in [5, 5.41) is 25.0. The zero-order valence-electron chi connectivity index (χ0n) is 17.9. The van der Waals surface area contributed by atoms with Gasteiger partial charge in [0.25, 0.3) is 5.69 Å². The lowest BCUT2D eigenvalue weighted by Crippen LogP contribution is -2.24. The van der Waals surface area contributed by atoms with Crippen LogP contribution in [0, 0.1) is 17.0 Å². The maximum Gasteiger partial charge on any atom is 0.269 e. The molecule has 0 heterocycles. The number of benzene rings is 3. The Morgan fingerprint density at radius 3 is 2.25 bits per heavy atom. The van der Waals surface area contributed by atoms with E-state index in [4.69, 9.17) is 0 Å². The first-order valence-corrected chi connectivity index (χ1v) is 10.4. The number of nitro groups is 1. The maximum absolute atomic E-state index is 11.5. The average molecular weight is 425 g/mol. The average Bonchev–Trinajstić information content (AvgIpc) is 3.05. The van der Waals surface area contributed by atoms with Gasteiger partial charge < -0.3 is 5.21 Å². The largest absolute Gasteiger partial charge is 0.410 e. The van der Waals surface area contributed by atoms with Crippen molar-refractivity contribution in [2.24, 2.45) is 5.16 Å². The van der Waals surface area contributed by atoms with Crippen molar-refractivity contribution >= 4 is 11.4 Å². The van der Waals surface area contributed by atoms with Crippen molar-refractivity contribution in [3.05, 3.63) is 124 Å². The molecule has 1 aliphatic carbocycles. The number of nitro benzene ring substituents is 1. The first-order chi connectivity index (χ1) is 15.5. The molecule has 160 valence electrons. The van der Waals surface area contributed by atoms with Gasteiger partial charge in [0, 0.05) is 28.7 Å². The predicted molar refractivity (Wildman–Crippen MR) is 128 cm³/mol. The minimum absolute atomic E-state index is 0.0619. The molecule has 32 heavy (non-hydrogen) atoms. The van der Waals surface area contributed by atoms with Crippen LogP contribution >= 0.6 is 0 Å². The van der Waals surface area contributed by atoms with Gasteiger partial charge in [-0.3, -0.25) is 10.1 Å². The van der Waals surface area contributed by atoms with E-state index in [9.17, 15) is 15.3 Å². The number of hydrogen-bond acceptors (Lipinski definition) is 4. The summed E-state index contributed by atoms with van der Waals surface area (Å²) in [6, 6.07) is 18.8. The Bertz CT molecular complexity index is 1260. The standard InChI is InChI=1S/C27H24N2O3/c1-4-14-27(15-5-2)24-16-19(26(28-30)21-9-7-6-8-18(21)3)10-12-22(24)23-13-11-20(29(31)32)17-25(23)27/h4-13,16-17,30H,1-2,14-15H2,3H3. The molecule has 0 spiro atoms. The van der Waals surface area contributed by atoms with Gasteiger partial charge in [-0.15, -0.1) is 13.2 Å². The van der Waals surface area contributed by atoms with E-state index in [1.54, 1.807) is 12.1 Å². The quantitative estimate of drug-likeness (QED) is 0.154. The molecule has 0 aliphatic heterocycles. The third-order valence-corrected chi connectivity index (χ3v) is 6.31. The summed E-state index contributed by atoms with van der Waals surface area (Å²) in [5.41, 5.74) is 6.57. The zero-order chi connectivity index (χ0) is 22.9.